The molecule has 0 aliphatic heterocycles. The van der Waals surface area contributed by atoms with Gasteiger partial charge in [0.15, 0.2) is 11.5 Å². The van der Waals surface area contributed by atoms with Crippen LogP contribution < -0.4 is 0 Å². The summed E-state index contributed by atoms with van der Waals surface area (Å²) in [5, 5.41) is 16.7. The van der Waals surface area contributed by atoms with Crippen LogP contribution in [0.3, 0.4) is 0 Å². The van der Waals surface area contributed by atoms with Gasteiger partial charge in [0.1, 0.15) is 0 Å². The molecule has 0 unspecified atom stereocenters. The lowest BCUT2D eigenvalue weighted by Crippen LogP contribution is -2.05. The number of halogens is 3. The second-order valence-electron chi connectivity index (χ2n) is 4.55. The third-order valence-corrected chi connectivity index (χ3v) is 3.10. The van der Waals surface area contributed by atoms with Crippen LogP contribution in [0.5, 0.6) is 0 Å². The molecule has 0 saturated heterocycles. The van der Waals surface area contributed by atoms with Gasteiger partial charge in [0, 0.05) is 11.8 Å². The van der Waals surface area contributed by atoms with Gasteiger partial charge in [-0.25, -0.2) is 4.79 Å². The zero-order valence-electron chi connectivity index (χ0n) is 10.9. The molecule has 0 saturated carbocycles. The fourth-order valence-corrected chi connectivity index (χ4v) is 2.05. The summed E-state index contributed by atoms with van der Waals surface area (Å²) in [5.41, 5.74) is -0.279. The van der Waals surface area contributed by atoms with Crippen molar-refractivity contribution >= 4 is 11.6 Å². The molecule has 3 rings (SSSR count). The van der Waals surface area contributed by atoms with Crippen molar-refractivity contribution in [3.63, 3.8) is 0 Å². The van der Waals surface area contributed by atoms with Crippen molar-refractivity contribution in [3.05, 3.63) is 53.7 Å². The van der Waals surface area contributed by atoms with E-state index in [0.717, 1.165) is 12.1 Å². The second-order valence-corrected chi connectivity index (χ2v) is 4.55. The Kier molecular flexibility index (Phi) is 3.09. The highest BCUT2D eigenvalue weighted by molar-refractivity contribution is 5.87. The van der Waals surface area contributed by atoms with Crippen LogP contribution >= 0.6 is 0 Å². The zero-order valence-corrected chi connectivity index (χ0v) is 10.9. The summed E-state index contributed by atoms with van der Waals surface area (Å²) in [5.74, 6) is -1.00. The van der Waals surface area contributed by atoms with Crippen LogP contribution in [-0.2, 0) is 6.18 Å². The summed E-state index contributed by atoms with van der Waals surface area (Å²) in [7, 11) is 0. The monoisotopic (exact) mass is 307 g/mol. The summed E-state index contributed by atoms with van der Waals surface area (Å²) in [6, 6.07) is 7.41. The number of carboxylic acids is 1. The van der Waals surface area contributed by atoms with E-state index < -0.39 is 17.7 Å². The van der Waals surface area contributed by atoms with Crippen molar-refractivity contribution in [1.82, 2.24) is 14.6 Å². The van der Waals surface area contributed by atoms with Crippen LogP contribution in [0.4, 0.5) is 13.2 Å². The maximum Gasteiger partial charge on any atom is 0.416 e. The summed E-state index contributed by atoms with van der Waals surface area (Å²) in [6.07, 6.45) is -3.20. The van der Waals surface area contributed by atoms with Crippen LogP contribution in [0.25, 0.3) is 17.0 Å². The fraction of sp³-hybridized carbons (Fsp3) is 0.0714. The number of fused-ring (bicyclic) bond motifs is 1. The number of aromatic nitrogens is 3. The molecule has 1 aromatic carbocycles. The number of pyridine rings is 1. The molecule has 112 valence electrons. The van der Waals surface area contributed by atoms with E-state index in [-0.39, 0.29) is 17.0 Å². The molecule has 8 heteroatoms. The SMILES string of the molecule is O=C(O)c1ccc2nnc(-c3cccc(C(F)(F)F)c3)n2c1. The third kappa shape index (κ3) is 2.39. The smallest absolute Gasteiger partial charge is 0.416 e. The Labute approximate surface area is 121 Å². The zero-order chi connectivity index (χ0) is 15.9. The predicted octanol–water partition coefficient (Wildman–Crippen LogP) is 3.11. The molecule has 2 heterocycles. The highest BCUT2D eigenvalue weighted by Crippen LogP contribution is 2.31. The molecule has 22 heavy (non-hydrogen) atoms. The van der Waals surface area contributed by atoms with Crippen LogP contribution in [0, 0.1) is 0 Å². The predicted molar refractivity (Wildman–Crippen MR) is 70.4 cm³/mol. The van der Waals surface area contributed by atoms with Gasteiger partial charge < -0.3 is 5.11 Å². The molecule has 0 aliphatic carbocycles. The van der Waals surface area contributed by atoms with Crippen molar-refractivity contribution in [1.29, 1.82) is 0 Å². The van der Waals surface area contributed by atoms with Crippen LogP contribution in [0.1, 0.15) is 15.9 Å². The summed E-state index contributed by atoms with van der Waals surface area (Å²) < 4.78 is 39.7. The fourth-order valence-electron chi connectivity index (χ4n) is 2.05. The van der Waals surface area contributed by atoms with Gasteiger partial charge in [-0.05, 0) is 24.3 Å². The minimum absolute atomic E-state index is 0.0134. The Hall–Kier alpha value is -2.90. The van der Waals surface area contributed by atoms with Crippen molar-refractivity contribution in [3.8, 4) is 11.4 Å². The Balaban J connectivity index is 2.18. The molecule has 2 aromatic heterocycles. The first-order chi connectivity index (χ1) is 10.4. The average molecular weight is 307 g/mol. The lowest BCUT2D eigenvalue weighted by atomic mass is 10.1. The van der Waals surface area contributed by atoms with Crippen LogP contribution in [0.15, 0.2) is 42.6 Å². The van der Waals surface area contributed by atoms with E-state index in [4.69, 9.17) is 5.11 Å². The van der Waals surface area contributed by atoms with Gasteiger partial charge >= 0.3 is 12.1 Å². The van der Waals surface area contributed by atoms with E-state index in [9.17, 15) is 18.0 Å². The molecular weight excluding hydrogens is 299 g/mol. The Morgan fingerprint density at radius 3 is 2.59 bits per heavy atom. The molecule has 0 bridgehead atoms. The van der Waals surface area contributed by atoms with Crippen LogP contribution in [0.2, 0.25) is 0 Å². The lowest BCUT2D eigenvalue weighted by Gasteiger charge is -2.08. The van der Waals surface area contributed by atoms with Crippen molar-refractivity contribution in [2.75, 3.05) is 0 Å². The van der Waals surface area contributed by atoms with Crippen molar-refractivity contribution in [2.45, 2.75) is 6.18 Å². The molecule has 3 aromatic rings. The molecule has 0 radical (unpaired) electrons. The van der Waals surface area contributed by atoms with Gasteiger partial charge in [0.2, 0.25) is 0 Å². The first-order valence-electron chi connectivity index (χ1n) is 6.12. The summed E-state index contributed by atoms with van der Waals surface area (Å²) in [4.78, 5) is 11.0. The van der Waals surface area contributed by atoms with E-state index in [1.54, 1.807) is 0 Å². The number of carbonyl (C=O) groups is 1. The van der Waals surface area contributed by atoms with E-state index in [2.05, 4.69) is 10.2 Å². The topological polar surface area (TPSA) is 67.5 Å². The largest absolute Gasteiger partial charge is 0.478 e. The van der Waals surface area contributed by atoms with Gasteiger partial charge in [0.05, 0.1) is 11.1 Å². The minimum Gasteiger partial charge on any atom is -0.478 e. The number of aromatic carboxylic acids is 1. The maximum atomic E-state index is 12.8. The molecule has 5 nitrogen and oxygen atoms in total. The van der Waals surface area contributed by atoms with E-state index in [0.29, 0.717) is 5.65 Å². The summed E-state index contributed by atoms with van der Waals surface area (Å²) in [6.45, 7) is 0. The molecule has 1 N–H and O–H groups in total. The standard InChI is InChI=1S/C14H8F3N3O2/c15-14(16,17)10-3-1-2-8(6-10)12-19-18-11-5-4-9(13(21)22)7-20(11)12/h1-7H,(H,21,22). The van der Waals surface area contributed by atoms with Crippen LogP contribution in [-0.4, -0.2) is 25.7 Å². The minimum atomic E-state index is -4.47. The third-order valence-electron chi connectivity index (χ3n) is 3.10. The summed E-state index contributed by atoms with van der Waals surface area (Å²) >= 11 is 0. The number of hydrogen-bond donors (Lipinski definition) is 1. The number of alkyl halides is 3. The number of benzene rings is 1. The lowest BCUT2D eigenvalue weighted by molar-refractivity contribution is -0.137. The van der Waals surface area contributed by atoms with E-state index in [1.807, 2.05) is 0 Å². The van der Waals surface area contributed by atoms with E-state index >= 15 is 0 Å². The number of nitrogens with zero attached hydrogens (tertiary/aromatic N) is 3. The van der Waals surface area contributed by atoms with Gasteiger partial charge in [-0.3, -0.25) is 4.40 Å². The molecular formula is C14H8F3N3O2. The molecule has 0 spiro atoms. The molecule has 0 atom stereocenters. The normalized spacial score (nSPS) is 11.8. The number of hydrogen-bond acceptors (Lipinski definition) is 3. The molecule has 0 aliphatic rings. The van der Waals surface area contributed by atoms with Crippen molar-refractivity contribution < 1.29 is 23.1 Å². The highest BCUT2D eigenvalue weighted by Gasteiger charge is 2.30. The molecule has 0 amide bonds. The Bertz CT molecular complexity index is 871. The quantitative estimate of drug-likeness (QED) is 0.790. The van der Waals surface area contributed by atoms with Gasteiger partial charge in [-0.2, -0.15) is 13.2 Å². The highest BCUT2D eigenvalue weighted by atomic mass is 19.4. The van der Waals surface area contributed by atoms with E-state index in [1.165, 1.54) is 34.9 Å². The van der Waals surface area contributed by atoms with Gasteiger partial charge in [0.25, 0.3) is 0 Å². The second kappa shape index (κ2) is 4.83. The molecule has 0 fully saturated rings. The average Bonchev–Trinajstić information content (AvgIpc) is 2.89. The van der Waals surface area contributed by atoms with Gasteiger partial charge in [-0.15, -0.1) is 10.2 Å². The first-order valence-corrected chi connectivity index (χ1v) is 6.12. The maximum absolute atomic E-state index is 12.8. The Morgan fingerprint density at radius 1 is 1.14 bits per heavy atom. The number of carboxylic acid groups (broad SMARTS) is 1. The number of rotatable bonds is 2. The van der Waals surface area contributed by atoms with Gasteiger partial charge in [-0.1, -0.05) is 12.1 Å². The first kappa shape index (κ1) is 14.1. The van der Waals surface area contributed by atoms with Crippen molar-refractivity contribution in [2.24, 2.45) is 0 Å². The Morgan fingerprint density at radius 2 is 1.91 bits per heavy atom.